The highest BCUT2D eigenvalue weighted by Gasteiger charge is 2.32. The van der Waals surface area contributed by atoms with E-state index in [0.717, 1.165) is 24.2 Å². The Labute approximate surface area is 152 Å². The molecule has 2 aliphatic rings. The molecule has 3 heterocycles. The van der Waals surface area contributed by atoms with E-state index in [2.05, 4.69) is 24.0 Å². The maximum atomic E-state index is 12.7. The third kappa shape index (κ3) is 3.19. The summed E-state index contributed by atoms with van der Waals surface area (Å²) < 4.78 is 23.1. The third-order valence-electron chi connectivity index (χ3n) is 5.29. The maximum Gasteiger partial charge on any atom is 0.233 e. The van der Waals surface area contributed by atoms with Gasteiger partial charge in [0.1, 0.15) is 0 Å². The molecule has 7 heteroatoms. The maximum absolute atomic E-state index is 12.7. The molecular weight excluding hydrogens is 356 g/mol. The number of hydrogen-bond acceptors (Lipinski definition) is 4. The lowest BCUT2D eigenvalue weighted by molar-refractivity contribution is -0.130. The van der Waals surface area contributed by atoms with Crippen LogP contribution in [0.4, 0.5) is 0 Å². The number of sulfone groups is 1. The molecule has 2 aliphatic heterocycles. The Morgan fingerprint density at radius 3 is 2.92 bits per heavy atom. The summed E-state index contributed by atoms with van der Waals surface area (Å²) in [6.07, 6.45) is 1.53. The number of fused-ring (bicyclic) bond motifs is 3. The molecule has 5 nitrogen and oxygen atoms in total. The van der Waals surface area contributed by atoms with Crippen LogP contribution in [0.1, 0.15) is 30.6 Å². The highest BCUT2D eigenvalue weighted by atomic mass is 32.2. The molecule has 0 bridgehead atoms. The van der Waals surface area contributed by atoms with Crippen molar-refractivity contribution < 1.29 is 13.2 Å². The summed E-state index contributed by atoms with van der Waals surface area (Å²) in [6.45, 7) is 2.79. The molecule has 0 saturated carbocycles. The van der Waals surface area contributed by atoms with Crippen LogP contribution in [0.2, 0.25) is 0 Å². The molecule has 1 N–H and O–H groups in total. The van der Waals surface area contributed by atoms with Gasteiger partial charge in [-0.1, -0.05) is 18.2 Å². The van der Waals surface area contributed by atoms with Gasteiger partial charge < -0.3 is 9.88 Å². The van der Waals surface area contributed by atoms with Crippen LogP contribution in [0.3, 0.4) is 0 Å². The molecule has 2 aromatic rings. The Kier molecular flexibility index (Phi) is 4.32. The molecule has 0 aliphatic carbocycles. The topological polar surface area (TPSA) is 70.2 Å². The van der Waals surface area contributed by atoms with Crippen LogP contribution in [-0.4, -0.2) is 53.3 Å². The number of hydrogen-bond donors (Lipinski definition) is 1. The lowest BCUT2D eigenvalue weighted by Crippen LogP contribution is -2.40. The molecule has 134 valence electrons. The van der Waals surface area contributed by atoms with E-state index in [-0.39, 0.29) is 28.7 Å². The Hall–Kier alpha value is -1.47. The number of amides is 1. The number of rotatable bonds is 3. The van der Waals surface area contributed by atoms with Crippen molar-refractivity contribution in [1.82, 2.24) is 9.88 Å². The van der Waals surface area contributed by atoms with Gasteiger partial charge in [0.2, 0.25) is 5.91 Å². The summed E-state index contributed by atoms with van der Waals surface area (Å²) >= 11 is 1.50. The average molecular weight is 379 g/mol. The minimum Gasteiger partial charge on any atom is -0.356 e. The molecule has 25 heavy (non-hydrogen) atoms. The Morgan fingerprint density at radius 1 is 1.36 bits per heavy atom. The zero-order chi connectivity index (χ0) is 17.6. The molecule has 0 radical (unpaired) electrons. The monoisotopic (exact) mass is 378 g/mol. The van der Waals surface area contributed by atoms with E-state index >= 15 is 0 Å². The summed E-state index contributed by atoms with van der Waals surface area (Å²) in [5.41, 5.74) is 3.58. The minimum absolute atomic E-state index is 0.0246. The Morgan fingerprint density at radius 2 is 2.16 bits per heavy atom. The van der Waals surface area contributed by atoms with Gasteiger partial charge in [-0.15, -0.1) is 11.8 Å². The van der Waals surface area contributed by atoms with Crippen LogP contribution in [-0.2, 0) is 21.1 Å². The van der Waals surface area contributed by atoms with Crippen LogP contribution in [0.15, 0.2) is 24.3 Å². The van der Waals surface area contributed by atoms with Gasteiger partial charge in [-0.2, -0.15) is 0 Å². The fourth-order valence-electron chi connectivity index (χ4n) is 3.93. The van der Waals surface area contributed by atoms with E-state index in [4.69, 9.17) is 0 Å². The van der Waals surface area contributed by atoms with Crippen molar-refractivity contribution >= 4 is 38.4 Å². The summed E-state index contributed by atoms with van der Waals surface area (Å²) in [5.74, 6) is 0.940. The van der Waals surface area contributed by atoms with Gasteiger partial charge in [0.25, 0.3) is 0 Å². The standard InChI is InChI=1S/C18H22N2O3S2/c1-12-18-15(14-4-2-3-5-16(14)19-18)6-8-20(12)17(21)10-24-13-7-9-25(22,23)11-13/h2-5,12-13,19H,6-11H2,1H3/t12-,13-/m1/s1. The van der Waals surface area contributed by atoms with Crippen LogP contribution in [0, 0.1) is 0 Å². The number of carbonyl (C=O) groups is 1. The number of aromatic nitrogens is 1. The second-order valence-corrected chi connectivity index (χ2v) is 10.4. The molecule has 1 saturated heterocycles. The first-order valence-electron chi connectivity index (χ1n) is 8.65. The van der Waals surface area contributed by atoms with E-state index in [1.54, 1.807) is 0 Å². The van der Waals surface area contributed by atoms with Gasteiger partial charge >= 0.3 is 0 Å². The zero-order valence-electron chi connectivity index (χ0n) is 14.2. The van der Waals surface area contributed by atoms with Gasteiger partial charge in [-0.05, 0) is 31.4 Å². The molecule has 0 spiro atoms. The van der Waals surface area contributed by atoms with Crippen molar-refractivity contribution in [2.24, 2.45) is 0 Å². The van der Waals surface area contributed by atoms with Crippen molar-refractivity contribution in [3.05, 3.63) is 35.5 Å². The molecule has 2 atom stereocenters. The van der Waals surface area contributed by atoms with Crippen molar-refractivity contribution in [3.8, 4) is 0 Å². The number of para-hydroxylation sites is 1. The molecule has 0 unspecified atom stereocenters. The first-order valence-corrected chi connectivity index (χ1v) is 11.5. The fraction of sp³-hybridized carbons (Fsp3) is 0.500. The summed E-state index contributed by atoms with van der Waals surface area (Å²) in [6, 6.07) is 8.29. The lowest BCUT2D eigenvalue weighted by atomic mass is 9.98. The fourth-order valence-corrected chi connectivity index (χ4v) is 7.46. The largest absolute Gasteiger partial charge is 0.356 e. The average Bonchev–Trinajstić information content (AvgIpc) is 3.13. The lowest BCUT2D eigenvalue weighted by Gasteiger charge is -2.33. The summed E-state index contributed by atoms with van der Waals surface area (Å²) in [4.78, 5) is 18.1. The van der Waals surface area contributed by atoms with Gasteiger partial charge in [-0.3, -0.25) is 4.79 Å². The van der Waals surface area contributed by atoms with Crippen LogP contribution < -0.4 is 0 Å². The smallest absolute Gasteiger partial charge is 0.233 e. The number of carbonyl (C=O) groups excluding carboxylic acids is 1. The van der Waals surface area contributed by atoms with Crippen LogP contribution in [0.5, 0.6) is 0 Å². The molecule has 1 aromatic carbocycles. The van der Waals surface area contributed by atoms with Crippen LogP contribution >= 0.6 is 11.8 Å². The van der Waals surface area contributed by atoms with E-state index in [0.29, 0.717) is 12.2 Å². The highest BCUT2D eigenvalue weighted by Crippen LogP contribution is 2.35. The number of nitrogens with zero attached hydrogens (tertiary/aromatic N) is 1. The van der Waals surface area contributed by atoms with Gasteiger partial charge in [0.15, 0.2) is 9.84 Å². The van der Waals surface area contributed by atoms with Crippen molar-refractivity contribution in [3.63, 3.8) is 0 Å². The van der Waals surface area contributed by atoms with Crippen molar-refractivity contribution in [1.29, 1.82) is 0 Å². The van der Waals surface area contributed by atoms with Gasteiger partial charge in [-0.25, -0.2) is 8.42 Å². The predicted molar refractivity (Wildman–Crippen MR) is 102 cm³/mol. The van der Waals surface area contributed by atoms with E-state index in [1.807, 2.05) is 17.0 Å². The van der Waals surface area contributed by atoms with E-state index < -0.39 is 9.84 Å². The Bertz CT molecular complexity index is 920. The van der Waals surface area contributed by atoms with Crippen molar-refractivity contribution in [2.75, 3.05) is 23.8 Å². The number of nitrogens with one attached hydrogen (secondary N) is 1. The molecular formula is C18H22N2O3S2. The molecule has 1 fully saturated rings. The summed E-state index contributed by atoms with van der Waals surface area (Å²) in [7, 11) is -2.88. The second-order valence-electron chi connectivity index (χ2n) is 6.91. The second kappa shape index (κ2) is 6.36. The SMILES string of the molecule is C[C@@H]1c2[nH]c3ccccc3c2CCN1C(=O)CS[C@@H]1CCS(=O)(=O)C1. The van der Waals surface area contributed by atoms with E-state index in [9.17, 15) is 13.2 Å². The van der Waals surface area contributed by atoms with Gasteiger partial charge in [0.05, 0.1) is 23.3 Å². The molecule has 1 aromatic heterocycles. The number of aromatic amines is 1. The first-order chi connectivity index (χ1) is 11.9. The number of H-pyrrole nitrogens is 1. The molecule has 4 rings (SSSR count). The molecule has 1 amide bonds. The number of thioether (sulfide) groups is 1. The normalized spacial score (nSPS) is 25.2. The van der Waals surface area contributed by atoms with Crippen LogP contribution in [0.25, 0.3) is 10.9 Å². The Balaban J connectivity index is 1.46. The minimum atomic E-state index is -2.88. The quantitative estimate of drug-likeness (QED) is 0.891. The highest BCUT2D eigenvalue weighted by molar-refractivity contribution is 8.02. The zero-order valence-corrected chi connectivity index (χ0v) is 15.8. The summed E-state index contributed by atoms with van der Waals surface area (Å²) in [5, 5.41) is 1.32. The third-order valence-corrected chi connectivity index (χ3v) is 8.55. The first kappa shape index (κ1) is 17.0. The van der Waals surface area contributed by atoms with Crippen molar-refractivity contribution in [2.45, 2.75) is 31.1 Å². The number of benzene rings is 1. The van der Waals surface area contributed by atoms with Gasteiger partial charge in [0, 0.05) is 28.4 Å². The van der Waals surface area contributed by atoms with E-state index in [1.165, 1.54) is 22.7 Å². The predicted octanol–water partition coefficient (Wildman–Crippen LogP) is 2.53.